The quantitative estimate of drug-likeness (QED) is 0.363. The number of hydrogen-bond acceptors (Lipinski definition) is 5. The first-order valence-corrected chi connectivity index (χ1v) is 13.0. The number of rotatable bonds is 12. The molecule has 1 aromatic carbocycles. The molecule has 2 heterocycles. The van der Waals surface area contributed by atoms with E-state index in [1.54, 1.807) is 13.2 Å². The Bertz CT molecular complexity index is 1080. The molecular formula is C29H38ClN3O3. The van der Waals surface area contributed by atoms with Gasteiger partial charge in [0.15, 0.2) is 0 Å². The van der Waals surface area contributed by atoms with E-state index >= 15 is 0 Å². The summed E-state index contributed by atoms with van der Waals surface area (Å²) in [7, 11) is 1.60. The lowest BCUT2D eigenvalue weighted by atomic mass is 9.97. The van der Waals surface area contributed by atoms with Crippen LogP contribution in [-0.4, -0.2) is 43.8 Å². The maximum Gasteiger partial charge on any atom is 0.251 e. The molecule has 0 unspecified atom stereocenters. The van der Waals surface area contributed by atoms with Crippen LogP contribution in [0.2, 0.25) is 5.02 Å². The molecule has 1 aliphatic heterocycles. The number of halogens is 1. The second-order valence-corrected chi connectivity index (χ2v) is 9.43. The summed E-state index contributed by atoms with van der Waals surface area (Å²) in [5, 5.41) is 3.64. The van der Waals surface area contributed by atoms with Crippen molar-refractivity contribution < 1.29 is 14.3 Å². The van der Waals surface area contributed by atoms with E-state index in [0.29, 0.717) is 35.5 Å². The number of amides is 1. The second kappa shape index (κ2) is 13.5. The molecule has 194 valence electrons. The van der Waals surface area contributed by atoms with Crippen molar-refractivity contribution in [2.75, 3.05) is 31.8 Å². The van der Waals surface area contributed by atoms with Crippen molar-refractivity contribution in [1.82, 2.24) is 10.3 Å². The second-order valence-electron chi connectivity index (χ2n) is 8.99. The first-order chi connectivity index (χ1) is 17.4. The highest BCUT2D eigenvalue weighted by Crippen LogP contribution is 2.33. The summed E-state index contributed by atoms with van der Waals surface area (Å²) in [5.41, 5.74) is 5.33. The van der Waals surface area contributed by atoms with Crippen LogP contribution >= 0.6 is 11.6 Å². The molecule has 3 rings (SSSR count). The summed E-state index contributed by atoms with van der Waals surface area (Å²) >= 11 is 6.57. The molecule has 6 nitrogen and oxygen atoms in total. The predicted octanol–water partition coefficient (Wildman–Crippen LogP) is 5.83. The minimum Gasteiger partial charge on any atom is -0.481 e. The molecule has 0 spiro atoms. The molecule has 1 saturated heterocycles. The normalized spacial score (nSPS) is 13.8. The Morgan fingerprint density at radius 3 is 2.64 bits per heavy atom. The van der Waals surface area contributed by atoms with Gasteiger partial charge in [0, 0.05) is 59.9 Å². The number of carbonyl (C=O) groups is 1. The van der Waals surface area contributed by atoms with Gasteiger partial charge in [-0.1, -0.05) is 23.8 Å². The van der Waals surface area contributed by atoms with Gasteiger partial charge in [-0.25, -0.2) is 4.98 Å². The summed E-state index contributed by atoms with van der Waals surface area (Å²) in [5.74, 6) is 0.347. The molecule has 0 bridgehead atoms. The number of allylic oxidation sites excluding steroid dienone is 2. The number of carbonyl (C=O) groups excluding carboxylic acids is 1. The molecule has 1 aromatic heterocycles. The van der Waals surface area contributed by atoms with Crippen LogP contribution in [0, 0.1) is 6.92 Å². The Morgan fingerprint density at radius 1 is 1.25 bits per heavy atom. The number of aryl methyl sites for hydroxylation is 2. The zero-order valence-electron chi connectivity index (χ0n) is 21.7. The standard InChI is InChI=1S/C29H38ClN3O3/c1-6-9-11-21-16-20(4)32-29(35-5)26(21)19-31-28(34)25-17-22(30)18-27(24(25)10-7-2)33(8-3)23-12-14-36-15-13-23/h6-7,16-18,23H,1-2,8-15,19H2,3-5H3,(H,31,34). The van der Waals surface area contributed by atoms with Crippen LogP contribution < -0.4 is 15.0 Å². The molecule has 0 radical (unpaired) electrons. The third kappa shape index (κ3) is 6.68. The van der Waals surface area contributed by atoms with Crippen molar-refractivity contribution in [2.24, 2.45) is 0 Å². The molecule has 36 heavy (non-hydrogen) atoms. The van der Waals surface area contributed by atoms with Crippen LogP contribution in [0.25, 0.3) is 0 Å². The van der Waals surface area contributed by atoms with Gasteiger partial charge in [0.2, 0.25) is 5.88 Å². The number of ether oxygens (including phenoxy) is 2. The highest BCUT2D eigenvalue weighted by atomic mass is 35.5. The first-order valence-electron chi connectivity index (χ1n) is 12.6. The summed E-state index contributed by atoms with van der Waals surface area (Å²) in [6, 6.07) is 6.11. The van der Waals surface area contributed by atoms with E-state index in [1.807, 2.05) is 31.2 Å². The maximum absolute atomic E-state index is 13.6. The number of methoxy groups -OCH3 is 1. The number of hydrogen-bond donors (Lipinski definition) is 1. The Hall–Kier alpha value is -2.83. The van der Waals surface area contributed by atoms with E-state index in [2.05, 4.69) is 35.3 Å². The number of anilines is 1. The molecule has 1 aliphatic rings. The summed E-state index contributed by atoms with van der Waals surface area (Å²) in [6.45, 7) is 14.5. The average molecular weight is 512 g/mol. The van der Waals surface area contributed by atoms with Crippen molar-refractivity contribution in [3.63, 3.8) is 0 Å². The lowest BCUT2D eigenvalue weighted by Gasteiger charge is -2.37. The molecule has 2 aromatic rings. The van der Waals surface area contributed by atoms with E-state index in [9.17, 15) is 4.79 Å². The van der Waals surface area contributed by atoms with E-state index in [0.717, 1.165) is 73.5 Å². The zero-order valence-corrected chi connectivity index (χ0v) is 22.5. The van der Waals surface area contributed by atoms with Crippen molar-refractivity contribution in [1.29, 1.82) is 0 Å². The SMILES string of the molecule is C=CCCc1cc(C)nc(OC)c1CNC(=O)c1cc(Cl)cc(N(CC)C2CCOCC2)c1CC=C. The summed E-state index contributed by atoms with van der Waals surface area (Å²) in [4.78, 5) is 20.5. The average Bonchev–Trinajstić information content (AvgIpc) is 2.88. The predicted molar refractivity (Wildman–Crippen MR) is 147 cm³/mol. The first kappa shape index (κ1) is 27.8. The van der Waals surface area contributed by atoms with E-state index < -0.39 is 0 Å². The van der Waals surface area contributed by atoms with Crippen molar-refractivity contribution >= 4 is 23.2 Å². The molecule has 0 saturated carbocycles. The fraction of sp³-hybridized carbons (Fsp3) is 0.448. The topological polar surface area (TPSA) is 63.7 Å². The molecular weight excluding hydrogens is 474 g/mol. The van der Waals surface area contributed by atoms with Gasteiger partial charge in [0.25, 0.3) is 5.91 Å². The van der Waals surface area contributed by atoms with Crippen LogP contribution in [0.1, 0.15) is 58.9 Å². The van der Waals surface area contributed by atoms with Crippen LogP contribution in [0.5, 0.6) is 5.88 Å². The van der Waals surface area contributed by atoms with Crippen LogP contribution in [0.15, 0.2) is 43.5 Å². The zero-order chi connectivity index (χ0) is 26.1. The van der Waals surface area contributed by atoms with Crippen molar-refractivity contribution in [3.8, 4) is 5.88 Å². The summed E-state index contributed by atoms with van der Waals surface area (Å²) < 4.78 is 11.1. The fourth-order valence-corrected chi connectivity index (χ4v) is 5.11. The van der Waals surface area contributed by atoms with Gasteiger partial charge >= 0.3 is 0 Å². The van der Waals surface area contributed by atoms with Crippen molar-refractivity contribution in [3.05, 3.63) is 76.5 Å². The summed E-state index contributed by atoms with van der Waals surface area (Å²) in [6.07, 6.45) is 7.81. The third-order valence-corrected chi connectivity index (χ3v) is 6.83. The van der Waals surface area contributed by atoms with Crippen LogP contribution in [-0.2, 0) is 24.1 Å². The Kier molecular flexibility index (Phi) is 10.4. The number of aromatic nitrogens is 1. The van der Waals surface area contributed by atoms with Crippen LogP contribution in [0.3, 0.4) is 0 Å². The van der Waals surface area contributed by atoms with Gasteiger partial charge in [-0.15, -0.1) is 13.2 Å². The molecule has 1 fully saturated rings. The molecule has 0 aliphatic carbocycles. The van der Waals surface area contributed by atoms with E-state index in [1.165, 1.54) is 0 Å². The number of benzene rings is 1. The lowest BCUT2D eigenvalue weighted by molar-refractivity contribution is 0.0845. The Morgan fingerprint density at radius 2 is 2.00 bits per heavy atom. The van der Waals surface area contributed by atoms with Gasteiger partial charge in [0.05, 0.1) is 7.11 Å². The fourth-order valence-electron chi connectivity index (χ4n) is 4.90. The smallest absolute Gasteiger partial charge is 0.251 e. The third-order valence-electron chi connectivity index (χ3n) is 6.61. The van der Waals surface area contributed by atoms with E-state index in [-0.39, 0.29) is 5.91 Å². The minimum absolute atomic E-state index is 0.184. The van der Waals surface area contributed by atoms with Crippen LogP contribution in [0.4, 0.5) is 5.69 Å². The number of nitrogens with zero attached hydrogens (tertiary/aromatic N) is 2. The maximum atomic E-state index is 13.6. The lowest BCUT2D eigenvalue weighted by Crippen LogP contribution is -2.40. The number of pyridine rings is 1. The van der Waals surface area contributed by atoms with Gasteiger partial charge < -0.3 is 19.7 Å². The van der Waals surface area contributed by atoms with Gasteiger partial charge in [-0.05, 0) is 75.3 Å². The molecule has 7 heteroatoms. The highest BCUT2D eigenvalue weighted by molar-refractivity contribution is 6.31. The van der Waals surface area contributed by atoms with Gasteiger partial charge in [0.1, 0.15) is 0 Å². The monoisotopic (exact) mass is 511 g/mol. The molecule has 1 N–H and O–H groups in total. The Balaban J connectivity index is 1.94. The molecule has 0 atom stereocenters. The molecule has 1 amide bonds. The highest BCUT2D eigenvalue weighted by Gasteiger charge is 2.25. The van der Waals surface area contributed by atoms with Gasteiger partial charge in [-0.3, -0.25) is 4.79 Å². The largest absolute Gasteiger partial charge is 0.481 e. The Labute approximate surface area is 220 Å². The van der Waals surface area contributed by atoms with Gasteiger partial charge in [-0.2, -0.15) is 0 Å². The number of nitrogens with one attached hydrogen (secondary N) is 1. The minimum atomic E-state index is -0.184. The van der Waals surface area contributed by atoms with E-state index in [4.69, 9.17) is 21.1 Å². The van der Waals surface area contributed by atoms with Crippen molar-refractivity contribution in [2.45, 2.75) is 58.5 Å².